The number of phenolic OH excluding ortho intramolecular Hbond substituents is 15. The van der Waals surface area contributed by atoms with Crippen LogP contribution in [-0.4, -0.2) is 93.9 Å². The molecule has 0 bridgehead atoms. The third-order valence-corrected chi connectivity index (χ3v) is 8.67. The molecule has 0 saturated carbocycles. The van der Waals surface area contributed by atoms with Crippen LogP contribution < -0.4 is 19.6 Å². The van der Waals surface area contributed by atoms with Gasteiger partial charge in [0.1, 0.15) is 33.8 Å². The molecule has 61 heavy (non-hydrogen) atoms. The van der Waals surface area contributed by atoms with Crippen molar-refractivity contribution < 1.29 is 111 Å². The van der Waals surface area contributed by atoms with E-state index in [0.29, 0.717) is 12.1 Å². The van der Waals surface area contributed by atoms with Crippen molar-refractivity contribution in [1.29, 1.82) is 0 Å². The van der Waals surface area contributed by atoms with Gasteiger partial charge in [-0.15, -0.1) is 0 Å². The summed E-state index contributed by atoms with van der Waals surface area (Å²) in [7, 11) is 0. The van der Waals surface area contributed by atoms with E-state index in [0.717, 1.165) is 24.3 Å². The van der Waals surface area contributed by atoms with Gasteiger partial charge in [-0.2, -0.15) is 0 Å². The Labute approximate surface area is 337 Å². The summed E-state index contributed by atoms with van der Waals surface area (Å²) in [5.74, 6) is -30.9. The highest BCUT2D eigenvalue weighted by Gasteiger charge is 2.38. The second-order valence-electron chi connectivity index (χ2n) is 12.3. The van der Waals surface area contributed by atoms with Crippen molar-refractivity contribution in [2.75, 3.05) is 0 Å². The third kappa shape index (κ3) is 6.88. The summed E-state index contributed by atoms with van der Waals surface area (Å²) in [6.07, 6.45) is 0. The Bertz CT molecular complexity index is 2820. The molecule has 0 unspecified atom stereocenters. The first-order valence-electron chi connectivity index (χ1n) is 16.5. The number of ketones is 3. The van der Waals surface area contributed by atoms with E-state index in [9.17, 15) is 91.0 Å². The fraction of sp³-hybridized carbons (Fsp3) is 0. The number of carbonyl (C=O) groups excluding carboxylic acids is 3. The molecule has 314 valence electrons. The number of hydrogen-bond donors (Lipinski definition) is 15. The third-order valence-electron chi connectivity index (χ3n) is 8.67. The fourth-order valence-electron chi connectivity index (χ4n) is 5.58. The molecule has 0 atom stereocenters. The summed E-state index contributed by atoms with van der Waals surface area (Å²) in [5.41, 5.74) is -5.88. The standard InChI is InChI=1S/C39H26O22/c40-14-8-10-16(42)25(47)19(14)27(49)21-29(51)31(53)32(54)33(55)37(21)60-61-39-30(52)22(28(50)20-15(41)9-11-17(43)26(20)48)38(34(56)35(39)57)59-58-36-18(44)7-6-13(24(36)46)23(45)12-4-2-1-3-5-12/h1-11,40-44,46-48,51-57H. The number of aromatic hydroxyl groups is 15. The molecule has 0 aliphatic rings. The molecule has 6 rings (SSSR count). The molecule has 0 amide bonds. The molecule has 22 nitrogen and oxygen atoms in total. The van der Waals surface area contributed by atoms with E-state index in [1.807, 2.05) is 0 Å². The first-order chi connectivity index (χ1) is 28.8. The highest BCUT2D eigenvalue weighted by Crippen LogP contribution is 2.57. The van der Waals surface area contributed by atoms with E-state index in [2.05, 4.69) is 0 Å². The zero-order chi connectivity index (χ0) is 44.8. The van der Waals surface area contributed by atoms with Crippen LogP contribution in [0.5, 0.6) is 109 Å². The van der Waals surface area contributed by atoms with Gasteiger partial charge in [0.25, 0.3) is 11.5 Å². The minimum Gasteiger partial charge on any atom is -0.507 e. The lowest BCUT2D eigenvalue weighted by Gasteiger charge is -2.19. The molecule has 6 aromatic carbocycles. The van der Waals surface area contributed by atoms with Gasteiger partial charge >= 0.3 is 0 Å². The molecule has 0 fully saturated rings. The average molecular weight is 847 g/mol. The molecule has 0 heterocycles. The van der Waals surface area contributed by atoms with Crippen molar-refractivity contribution in [1.82, 2.24) is 0 Å². The van der Waals surface area contributed by atoms with Crippen molar-refractivity contribution >= 4 is 17.3 Å². The Morgan fingerprint density at radius 1 is 0.295 bits per heavy atom. The first kappa shape index (κ1) is 41.2. The lowest BCUT2D eigenvalue weighted by atomic mass is 9.98. The van der Waals surface area contributed by atoms with E-state index in [-0.39, 0.29) is 5.56 Å². The number of rotatable bonds is 12. The van der Waals surface area contributed by atoms with Crippen LogP contribution in [0.3, 0.4) is 0 Å². The van der Waals surface area contributed by atoms with Crippen molar-refractivity contribution in [2.24, 2.45) is 0 Å². The second kappa shape index (κ2) is 15.5. The van der Waals surface area contributed by atoms with Crippen molar-refractivity contribution in [2.45, 2.75) is 0 Å². The molecule has 15 N–H and O–H groups in total. The minimum absolute atomic E-state index is 0.0532. The van der Waals surface area contributed by atoms with E-state index >= 15 is 0 Å². The summed E-state index contributed by atoms with van der Waals surface area (Å²) < 4.78 is 0. The number of carbonyl (C=O) groups is 3. The van der Waals surface area contributed by atoms with E-state index in [1.165, 1.54) is 24.3 Å². The van der Waals surface area contributed by atoms with Gasteiger partial charge in [-0.1, -0.05) is 30.3 Å². The molecule has 0 saturated heterocycles. The Morgan fingerprint density at radius 2 is 0.689 bits per heavy atom. The predicted octanol–water partition coefficient (Wildman–Crippen LogP) is 3.71. The summed E-state index contributed by atoms with van der Waals surface area (Å²) in [5, 5.41) is 158. The van der Waals surface area contributed by atoms with Crippen LogP contribution in [0.2, 0.25) is 0 Å². The maximum absolute atomic E-state index is 14.0. The zero-order valence-electron chi connectivity index (χ0n) is 29.9. The number of phenols is 15. The molecule has 0 aromatic heterocycles. The normalized spacial score (nSPS) is 10.8. The van der Waals surface area contributed by atoms with Crippen LogP contribution >= 0.6 is 0 Å². The predicted molar refractivity (Wildman–Crippen MR) is 196 cm³/mol. The molecule has 0 spiro atoms. The van der Waals surface area contributed by atoms with Crippen LogP contribution in [0.25, 0.3) is 0 Å². The Balaban J connectivity index is 1.49. The van der Waals surface area contributed by atoms with Gasteiger partial charge < -0.3 is 76.6 Å². The van der Waals surface area contributed by atoms with E-state index in [1.54, 1.807) is 6.07 Å². The van der Waals surface area contributed by atoms with Crippen LogP contribution in [0.1, 0.15) is 47.8 Å². The topological polar surface area (TPSA) is 392 Å². The zero-order valence-corrected chi connectivity index (χ0v) is 29.9. The quantitative estimate of drug-likeness (QED) is 0.0274. The molecule has 0 aliphatic heterocycles. The lowest BCUT2D eigenvalue weighted by molar-refractivity contribution is -0.110. The molecule has 6 aromatic rings. The van der Waals surface area contributed by atoms with Crippen LogP contribution in [0.15, 0.2) is 66.7 Å². The Kier molecular flexibility index (Phi) is 10.4. The van der Waals surface area contributed by atoms with Gasteiger partial charge in [-0.25, -0.2) is 0 Å². The monoisotopic (exact) mass is 846 g/mol. The summed E-state index contributed by atoms with van der Waals surface area (Å²) >= 11 is 0. The lowest BCUT2D eigenvalue weighted by Crippen LogP contribution is -2.13. The Morgan fingerprint density at radius 3 is 1.21 bits per heavy atom. The molecule has 0 radical (unpaired) electrons. The van der Waals surface area contributed by atoms with E-state index in [4.69, 9.17) is 19.6 Å². The highest BCUT2D eigenvalue weighted by molar-refractivity contribution is 6.18. The van der Waals surface area contributed by atoms with Crippen LogP contribution in [0, 0.1) is 0 Å². The first-order valence-corrected chi connectivity index (χ1v) is 16.5. The van der Waals surface area contributed by atoms with Gasteiger partial charge in [-0.05, 0) is 36.4 Å². The summed E-state index contributed by atoms with van der Waals surface area (Å²) in [4.78, 5) is 60.3. The van der Waals surface area contributed by atoms with Crippen LogP contribution in [0.4, 0.5) is 0 Å². The summed E-state index contributed by atoms with van der Waals surface area (Å²) in [6, 6.07) is 12.0. The van der Waals surface area contributed by atoms with Gasteiger partial charge in [0, 0.05) is 5.56 Å². The minimum atomic E-state index is -1.82. The highest BCUT2D eigenvalue weighted by atomic mass is 17.2. The SMILES string of the molecule is O=C(c1ccccc1)c1ccc(O)c(OOc2c(O)c(O)c(OOc3c(O)c(O)c(O)c(O)c3C(=O)c3c(O)ccc(O)c3O)c(O)c2C(=O)c2c(O)ccc(O)c2O)c1O. The van der Waals surface area contributed by atoms with Crippen molar-refractivity contribution in [3.63, 3.8) is 0 Å². The van der Waals surface area contributed by atoms with Crippen molar-refractivity contribution in [3.8, 4) is 109 Å². The Hall–Kier alpha value is -9.47. The maximum Gasteiger partial charge on any atom is 0.266 e. The summed E-state index contributed by atoms with van der Waals surface area (Å²) in [6.45, 7) is 0. The van der Waals surface area contributed by atoms with Gasteiger partial charge in [0.15, 0.2) is 51.8 Å². The van der Waals surface area contributed by atoms with Crippen LogP contribution in [-0.2, 0) is 0 Å². The average Bonchev–Trinajstić information content (AvgIpc) is 3.23. The second-order valence-corrected chi connectivity index (χ2v) is 12.3. The van der Waals surface area contributed by atoms with E-state index < -0.39 is 154 Å². The molecular formula is C39H26O22. The van der Waals surface area contributed by atoms with Gasteiger partial charge in [0.2, 0.25) is 51.8 Å². The smallest absolute Gasteiger partial charge is 0.266 e. The van der Waals surface area contributed by atoms with Gasteiger partial charge in [0.05, 0.1) is 5.56 Å². The van der Waals surface area contributed by atoms with Gasteiger partial charge in [-0.3, -0.25) is 33.9 Å². The molecule has 22 heteroatoms. The molecular weight excluding hydrogens is 820 g/mol. The maximum atomic E-state index is 14.0. The van der Waals surface area contributed by atoms with Crippen molar-refractivity contribution in [3.05, 3.63) is 100 Å². The molecule has 0 aliphatic carbocycles. The largest absolute Gasteiger partial charge is 0.507 e. The number of hydrogen-bond acceptors (Lipinski definition) is 22. The number of benzene rings is 6. The fourth-order valence-corrected chi connectivity index (χ4v) is 5.58.